The highest BCUT2D eigenvalue weighted by molar-refractivity contribution is 6.23. The molecule has 0 aliphatic carbocycles. The van der Waals surface area contributed by atoms with Gasteiger partial charge in [-0.1, -0.05) is 6.58 Å². The van der Waals surface area contributed by atoms with Crippen LogP contribution in [0, 0.1) is 0 Å². The number of ketones is 1. The number of carbonyl (C=O) groups is 1. The van der Waals surface area contributed by atoms with Crippen LogP contribution in [-0.2, 0) is 4.79 Å². The van der Waals surface area contributed by atoms with Gasteiger partial charge in [0.1, 0.15) is 0 Å². The second-order valence-electron chi connectivity index (χ2n) is 1.38. The third-order valence-corrected chi connectivity index (χ3v) is 0.958. The molecule has 0 aliphatic rings. The topological polar surface area (TPSA) is 17.1 Å². The highest BCUT2D eigenvalue weighted by Gasteiger charge is 1.93. The van der Waals surface area contributed by atoms with E-state index in [9.17, 15) is 4.79 Å². The van der Waals surface area contributed by atoms with Gasteiger partial charge in [-0.05, 0) is 18.5 Å². The number of carbonyl (C=O) groups excluding carboxylic acids is 1. The van der Waals surface area contributed by atoms with Gasteiger partial charge in [-0.15, -0.1) is 0 Å². The van der Waals surface area contributed by atoms with Crippen molar-refractivity contribution < 1.29 is 4.79 Å². The molecule has 1 nitrogen and oxygen atoms in total. The lowest BCUT2D eigenvalue weighted by Gasteiger charge is -1.87. The molecular formula is C5H7OSi. The van der Waals surface area contributed by atoms with Crippen LogP contribution in [0.3, 0.4) is 0 Å². The van der Waals surface area contributed by atoms with Crippen LogP contribution in [0.25, 0.3) is 0 Å². The zero-order chi connectivity index (χ0) is 5.86. The van der Waals surface area contributed by atoms with Crippen LogP contribution in [0.2, 0.25) is 6.04 Å². The first-order valence-corrected chi connectivity index (χ1v) is 2.72. The normalized spacial score (nSPS) is 8.29. The van der Waals surface area contributed by atoms with Crippen molar-refractivity contribution in [2.24, 2.45) is 0 Å². The molecule has 0 saturated heterocycles. The molecule has 0 heterocycles. The number of hydrogen-bond acceptors (Lipinski definition) is 1. The molecule has 3 radical (unpaired) electrons. The van der Waals surface area contributed by atoms with Crippen LogP contribution in [0.1, 0.15) is 6.92 Å². The molecule has 0 rings (SSSR count). The Balaban J connectivity index is 3.58. The highest BCUT2D eigenvalue weighted by Crippen LogP contribution is 1.90. The standard InChI is InChI=1S/C5H7OSi/c1-4(2)5(6)3-7/h1,3H2,2H3. The second kappa shape index (κ2) is 2.74. The highest BCUT2D eigenvalue weighted by atomic mass is 28.1. The van der Waals surface area contributed by atoms with Gasteiger partial charge in [-0.3, -0.25) is 4.79 Å². The molecule has 7 heavy (non-hydrogen) atoms. The van der Waals surface area contributed by atoms with E-state index in [2.05, 4.69) is 16.8 Å². The maximum Gasteiger partial charge on any atom is 0.154 e. The van der Waals surface area contributed by atoms with Gasteiger partial charge in [0.2, 0.25) is 0 Å². The smallest absolute Gasteiger partial charge is 0.154 e. The fourth-order valence-electron chi connectivity index (χ4n) is 0.151. The summed E-state index contributed by atoms with van der Waals surface area (Å²) in [5, 5.41) is 0. The predicted molar refractivity (Wildman–Crippen MR) is 30.4 cm³/mol. The van der Waals surface area contributed by atoms with Crippen molar-refractivity contribution in [3.8, 4) is 0 Å². The fourth-order valence-corrected chi connectivity index (χ4v) is 0.453. The number of rotatable bonds is 2. The number of Topliss-reactive ketones (excluding diaryl/α,β-unsaturated/α-hetero) is 1. The molecule has 37 valence electrons. The first-order chi connectivity index (χ1) is 3.18. The molecule has 0 N–H and O–H groups in total. The third kappa shape index (κ3) is 2.34. The Kier molecular flexibility index (Phi) is 2.60. The van der Waals surface area contributed by atoms with E-state index < -0.39 is 0 Å². The minimum atomic E-state index is 0.0664. The Morgan fingerprint density at radius 3 is 2.29 bits per heavy atom. The maximum atomic E-state index is 10.4. The summed E-state index contributed by atoms with van der Waals surface area (Å²) in [6.45, 7) is 5.14. The van der Waals surface area contributed by atoms with Gasteiger partial charge in [0, 0.05) is 10.2 Å². The average molecular weight is 111 g/mol. The first-order valence-electron chi connectivity index (χ1n) is 2.01. The predicted octanol–water partition coefficient (Wildman–Crippen LogP) is 0.718. The Morgan fingerprint density at radius 1 is 1.86 bits per heavy atom. The zero-order valence-electron chi connectivity index (χ0n) is 4.32. The van der Waals surface area contributed by atoms with Crippen LogP contribution >= 0.6 is 0 Å². The van der Waals surface area contributed by atoms with E-state index in [1.807, 2.05) is 0 Å². The summed E-state index contributed by atoms with van der Waals surface area (Å²) in [6, 6.07) is 0.384. The van der Waals surface area contributed by atoms with Crippen LogP contribution in [0.15, 0.2) is 12.2 Å². The number of hydrogen-bond donors (Lipinski definition) is 0. The molecular weight excluding hydrogens is 104 g/mol. The molecule has 0 aromatic heterocycles. The van der Waals surface area contributed by atoms with Crippen molar-refractivity contribution in [1.29, 1.82) is 0 Å². The molecule has 0 unspecified atom stereocenters. The molecule has 0 aromatic rings. The van der Waals surface area contributed by atoms with E-state index in [0.717, 1.165) is 0 Å². The van der Waals surface area contributed by atoms with Crippen molar-refractivity contribution in [1.82, 2.24) is 0 Å². The zero-order valence-corrected chi connectivity index (χ0v) is 5.32. The van der Waals surface area contributed by atoms with E-state index >= 15 is 0 Å². The summed E-state index contributed by atoms with van der Waals surface area (Å²) >= 11 is 0. The van der Waals surface area contributed by atoms with Crippen LogP contribution in [-0.4, -0.2) is 16.0 Å². The molecule has 2 heteroatoms. The van der Waals surface area contributed by atoms with Gasteiger partial charge in [0.15, 0.2) is 5.78 Å². The Hall–Kier alpha value is -0.373. The van der Waals surface area contributed by atoms with E-state index in [0.29, 0.717) is 11.6 Å². The molecule has 0 saturated carbocycles. The van der Waals surface area contributed by atoms with Crippen molar-refractivity contribution in [3.63, 3.8) is 0 Å². The number of allylic oxidation sites excluding steroid dienone is 1. The van der Waals surface area contributed by atoms with Crippen molar-refractivity contribution in [3.05, 3.63) is 12.2 Å². The molecule has 0 aliphatic heterocycles. The molecule has 0 fully saturated rings. The SMILES string of the molecule is C=C(C)C(=O)C[Si]. The van der Waals surface area contributed by atoms with Crippen molar-refractivity contribution in [2.75, 3.05) is 0 Å². The minimum Gasteiger partial charge on any atom is -0.295 e. The molecule has 0 spiro atoms. The quantitative estimate of drug-likeness (QED) is 0.379. The lowest BCUT2D eigenvalue weighted by Crippen LogP contribution is -1.94. The van der Waals surface area contributed by atoms with Gasteiger partial charge in [-0.25, -0.2) is 0 Å². The molecule has 0 atom stereocenters. The Morgan fingerprint density at radius 2 is 2.29 bits per heavy atom. The minimum absolute atomic E-state index is 0.0664. The summed E-state index contributed by atoms with van der Waals surface area (Å²) in [5.74, 6) is 0.0664. The summed E-state index contributed by atoms with van der Waals surface area (Å²) < 4.78 is 0. The van der Waals surface area contributed by atoms with Gasteiger partial charge in [0.25, 0.3) is 0 Å². The van der Waals surface area contributed by atoms with Crippen LogP contribution in [0.5, 0.6) is 0 Å². The average Bonchev–Trinajstić information content (AvgIpc) is 1.65. The first kappa shape index (κ1) is 6.63. The van der Waals surface area contributed by atoms with Crippen molar-refractivity contribution in [2.45, 2.75) is 13.0 Å². The molecule has 0 aromatic carbocycles. The molecule has 0 bridgehead atoms. The Bertz CT molecular complexity index is 96.3. The van der Waals surface area contributed by atoms with E-state index in [1.54, 1.807) is 6.92 Å². The van der Waals surface area contributed by atoms with E-state index in [-0.39, 0.29) is 5.78 Å². The molecule has 0 amide bonds. The van der Waals surface area contributed by atoms with Gasteiger partial charge in [0.05, 0.1) is 0 Å². The van der Waals surface area contributed by atoms with Gasteiger partial charge < -0.3 is 0 Å². The van der Waals surface area contributed by atoms with Crippen LogP contribution in [0.4, 0.5) is 0 Å². The van der Waals surface area contributed by atoms with Gasteiger partial charge >= 0.3 is 0 Å². The lowest BCUT2D eigenvalue weighted by molar-refractivity contribution is -0.113. The summed E-state index contributed by atoms with van der Waals surface area (Å²) in [6.07, 6.45) is 0. The van der Waals surface area contributed by atoms with Crippen LogP contribution < -0.4 is 0 Å². The largest absolute Gasteiger partial charge is 0.295 e. The van der Waals surface area contributed by atoms with Gasteiger partial charge in [-0.2, -0.15) is 0 Å². The summed E-state index contributed by atoms with van der Waals surface area (Å²) in [5.41, 5.74) is 0.606. The lowest BCUT2D eigenvalue weighted by atomic mass is 10.2. The summed E-state index contributed by atoms with van der Waals surface area (Å²) in [4.78, 5) is 10.4. The van der Waals surface area contributed by atoms with E-state index in [4.69, 9.17) is 0 Å². The second-order valence-corrected chi connectivity index (χ2v) is 1.73. The fraction of sp³-hybridized carbons (Fsp3) is 0.400. The van der Waals surface area contributed by atoms with E-state index in [1.165, 1.54) is 0 Å². The third-order valence-electron chi connectivity index (χ3n) is 0.637. The summed E-state index contributed by atoms with van der Waals surface area (Å²) in [7, 11) is 3.05. The monoisotopic (exact) mass is 111 g/mol. The maximum absolute atomic E-state index is 10.4. The van der Waals surface area contributed by atoms with Crippen molar-refractivity contribution >= 4 is 16.0 Å². The Labute approximate surface area is 46.8 Å².